The van der Waals surface area contributed by atoms with Crippen molar-refractivity contribution in [3.63, 3.8) is 0 Å². The van der Waals surface area contributed by atoms with Crippen LogP contribution in [-0.2, 0) is 0 Å². The number of carbonyl (C=O) groups excluding carboxylic acids is 1. The van der Waals surface area contributed by atoms with Gasteiger partial charge >= 0.3 is 0 Å². The maximum absolute atomic E-state index is 11.8. The lowest BCUT2D eigenvalue weighted by molar-refractivity contribution is 0.103. The Balaban J connectivity index is 2.18. The van der Waals surface area contributed by atoms with Crippen molar-refractivity contribution in [3.05, 3.63) is 39.3 Å². The van der Waals surface area contributed by atoms with E-state index < -0.39 is 0 Å². The molecule has 0 bridgehead atoms. The fourth-order valence-electron chi connectivity index (χ4n) is 1.26. The Hall–Kier alpha value is -1.59. The van der Waals surface area contributed by atoms with Crippen molar-refractivity contribution in [1.29, 1.82) is 0 Å². The van der Waals surface area contributed by atoms with Crippen LogP contribution < -0.4 is 5.32 Å². The van der Waals surface area contributed by atoms with Crippen molar-refractivity contribution < 1.29 is 9.90 Å². The third-order valence-electron chi connectivity index (χ3n) is 2.05. The number of nitrogens with zero attached hydrogens (tertiary/aromatic N) is 1. The molecule has 1 aromatic carbocycles. The summed E-state index contributed by atoms with van der Waals surface area (Å²) in [6, 6.07) is 4.37. The van der Waals surface area contributed by atoms with Crippen LogP contribution in [0.5, 0.6) is 5.75 Å². The second-order valence-corrected chi connectivity index (χ2v) is 5.00. The highest BCUT2D eigenvalue weighted by Crippen LogP contribution is 2.26. The van der Waals surface area contributed by atoms with Crippen LogP contribution in [0, 0.1) is 6.92 Å². The molecule has 0 saturated heterocycles. The van der Waals surface area contributed by atoms with Crippen LogP contribution in [-0.4, -0.2) is 16.0 Å². The van der Waals surface area contributed by atoms with Gasteiger partial charge in [0.1, 0.15) is 10.6 Å². The minimum Gasteiger partial charge on any atom is -0.508 e. The number of benzene rings is 1. The topological polar surface area (TPSA) is 62.2 Å². The molecule has 6 heteroatoms. The van der Waals surface area contributed by atoms with Crippen molar-refractivity contribution in [2.45, 2.75) is 6.92 Å². The van der Waals surface area contributed by atoms with Crippen molar-refractivity contribution in [3.8, 4) is 5.75 Å². The Morgan fingerprint density at radius 1 is 1.53 bits per heavy atom. The van der Waals surface area contributed by atoms with Crippen molar-refractivity contribution in [2.24, 2.45) is 0 Å². The normalized spacial score (nSPS) is 10.2. The quantitative estimate of drug-likeness (QED) is 0.823. The molecular weight excluding hydrogens is 260 g/mol. The molecular formula is C11H9ClN2O2S. The van der Waals surface area contributed by atoms with Gasteiger partial charge in [-0.15, -0.1) is 11.3 Å². The number of amides is 1. The Morgan fingerprint density at radius 2 is 2.29 bits per heavy atom. The van der Waals surface area contributed by atoms with E-state index in [1.54, 1.807) is 6.07 Å². The number of anilines is 1. The van der Waals surface area contributed by atoms with Gasteiger partial charge in [0.05, 0.1) is 21.9 Å². The summed E-state index contributed by atoms with van der Waals surface area (Å²) < 4.78 is 0. The number of rotatable bonds is 2. The molecule has 0 unspecified atom stereocenters. The smallest absolute Gasteiger partial charge is 0.267 e. The van der Waals surface area contributed by atoms with E-state index >= 15 is 0 Å². The van der Waals surface area contributed by atoms with Gasteiger partial charge in [0, 0.05) is 6.07 Å². The highest BCUT2D eigenvalue weighted by molar-refractivity contribution is 7.13. The first-order valence-electron chi connectivity index (χ1n) is 4.78. The summed E-state index contributed by atoms with van der Waals surface area (Å²) in [5, 5.41) is 13.0. The third kappa shape index (κ3) is 2.75. The number of nitrogens with one attached hydrogen (secondary N) is 1. The molecule has 2 N–H and O–H groups in total. The molecule has 1 heterocycles. The van der Waals surface area contributed by atoms with Gasteiger partial charge in [-0.3, -0.25) is 4.79 Å². The summed E-state index contributed by atoms with van der Waals surface area (Å²) in [5.74, 6) is -0.204. The average molecular weight is 269 g/mol. The largest absolute Gasteiger partial charge is 0.508 e. The Kier molecular flexibility index (Phi) is 3.31. The van der Waals surface area contributed by atoms with Gasteiger partial charge < -0.3 is 10.4 Å². The van der Waals surface area contributed by atoms with Crippen LogP contribution in [0.25, 0.3) is 0 Å². The second kappa shape index (κ2) is 4.73. The fourth-order valence-corrected chi connectivity index (χ4v) is 2.15. The van der Waals surface area contributed by atoms with Crippen LogP contribution in [0.3, 0.4) is 0 Å². The molecule has 0 aliphatic rings. The number of phenolic OH excluding ortho intramolecular Hbond substituents is 1. The zero-order valence-corrected chi connectivity index (χ0v) is 10.5. The van der Waals surface area contributed by atoms with Crippen molar-refractivity contribution in [2.75, 3.05) is 5.32 Å². The number of thiazole rings is 1. The van der Waals surface area contributed by atoms with Crippen molar-refractivity contribution in [1.82, 2.24) is 4.98 Å². The Bertz CT molecular complexity index is 568. The number of hydrogen-bond acceptors (Lipinski definition) is 4. The standard InChI is InChI=1S/C11H9ClN2O2S/c1-6-13-5-10(17-6)11(16)14-9-3-2-7(15)4-8(9)12/h2-5,15H,1H3,(H,14,16). The maximum atomic E-state index is 11.8. The summed E-state index contributed by atoms with van der Waals surface area (Å²) in [6.07, 6.45) is 1.52. The van der Waals surface area contributed by atoms with Gasteiger partial charge in [0.2, 0.25) is 0 Å². The summed E-state index contributed by atoms with van der Waals surface area (Å²) in [7, 11) is 0. The number of carbonyl (C=O) groups is 1. The minimum atomic E-state index is -0.261. The molecule has 2 aromatic rings. The van der Waals surface area contributed by atoms with E-state index in [1.165, 1.54) is 29.7 Å². The summed E-state index contributed by atoms with van der Waals surface area (Å²) >= 11 is 7.19. The van der Waals surface area contributed by atoms with E-state index in [2.05, 4.69) is 10.3 Å². The van der Waals surface area contributed by atoms with Gasteiger partial charge in [0.25, 0.3) is 5.91 Å². The highest BCUT2D eigenvalue weighted by atomic mass is 35.5. The lowest BCUT2D eigenvalue weighted by atomic mass is 10.3. The zero-order chi connectivity index (χ0) is 12.4. The van der Waals surface area contributed by atoms with E-state index in [0.29, 0.717) is 15.6 Å². The first-order chi connectivity index (χ1) is 8.06. The molecule has 0 aliphatic heterocycles. The highest BCUT2D eigenvalue weighted by Gasteiger charge is 2.11. The molecule has 4 nitrogen and oxygen atoms in total. The van der Waals surface area contributed by atoms with Gasteiger partial charge in [-0.05, 0) is 19.1 Å². The van der Waals surface area contributed by atoms with E-state index in [4.69, 9.17) is 11.6 Å². The maximum Gasteiger partial charge on any atom is 0.267 e. The zero-order valence-electron chi connectivity index (χ0n) is 8.90. The van der Waals surface area contributed by atoms with E-state index in [9.17, 15) is 9.90 Å². The van der Waals surface area contributed by atoms with E-state index in [1.807, 2.05) is 6.92 Å². The number of aromatic nitrogens is 1. The molecule has 88 valence electrons. The molecule has 0 aliphatic carbocycles. The SMILES string of the molecule is Cc1ncc(C(=O)Nc2ccc(O)cc2Cl)s1. The first-order valence-corrected chi connectivity index (χ1v) is 5.98. The number of phenols is 1. The lowest BCUT2D eigenvalue weighted by Crippen LogP contribution is -2.10. The van der Waals surface area contributed by atoms with Crippen molar-refractivity contribution >= 4 is 34.5 Å². The summed E-state index contributed by atoms with van der Waals surface area (Å²) in [5.41, 5.74) is 0.459. The third-order valence-corrected chi connectivity index (χ3v) is 3.27. The minimum absolute atomic E-state index is 0.0571. The summed E-state index contributed by atoms with van der Waals surface area (Å²) in [4.78, 5) is 16.3. The second-order valence-electron chi connectivity index (χ2n) is 3.36. The average Bonchev–Trinajstić information content (AvgIpc) is 2.69. The van der Waals surface area contributed by atoms with E-state index in [-0.39, 0.29) is 11.7 Å². The lowest BCUT2D eigenvalue weighted by Gasteiger charge is -2.05. The van der Waals surface area contributed by atoms with Gasteiger partial charge in [0.15, 0.2) is 0 Å². The van der Waals surface area contributed by atoms with E-state index in [0.717, 1.165) is 5.01 Å². The molecule has 2 rings (SSSR count). The number of hydrogen-bond donors (Lipinski definition) is 2. The van der Waals surface area contributed by atoms with Gasteiger partial charge in [-0.1, -0.05) is 11.6 Å². The molecule has 0 radical (unpaired) electrons. The molecule has 0 atom stereocenters. The monoisotopic (exact) mass is 268 g/mol. The molecule has 1 amide bonds. The van der Waals surface area contributed by atoms with Gasteiger partial charge in [-0.25, -0.2) is 4.98 Å². The Morgan fingerprint density at radius 3 is 2.88 bits per heavy atom. The Labute approximate surface area is 107 Å². The fraction of sp³-hybridized carbons (Fsp3) is 0.0909. The molecule has 0 fully saturated rings. The van der Waals surface area contributed by atoms with Crippen LogP contribution in [0.4, 0.5) is 5.69 Å². The number of aryl methyl sites for hydroxylation is 1. The molecule has 0 saturated carbocycles. The van der Waals surface area contributed by atoms with Crippen LogP contribution in [0.2, 0.25) is 5.02 Å². The predicted octanol–water partition coefficient (Wildman–Crippen LogP) is 3.06. The molecule has 1 aromatic heterocycles. The van der Waals surface area contributed by atoms with Crippen LogP contribution in [0.15, 0.2) is 24.4 Å². The molecule has 17 heavy (non-hydrogen) atoms. The van der Waals surface area contributed by atoms with Crippen LogP contribution in [0.1, 0.15) is 14.7 Å². The van der Waals surface area contributed by atoms with Gasteiger partial charge in [-0.2, -0.15) is 0 Å². The number of aromatic hydroxyl groups is 1. The first kappa shape index (κ1) is 11.9. The molecule has 0 spiro atoms. The predicted molar refractivity (Wildman–Crippen MR) is 67.9 cm³/mol. The summed E-state index contributed by atoms with van der Waals surface area (Å²) in [6.45, 7) is 1.83. The number of halogens is 1. The van der Waals surface area contributed by atoms with Crippen LogP contribution >= 0.6 is 22.9 Å².